The first-order valence-corrected chi connectivity index (χ1v) is 7.66. The molecule has 0 aliphatic carbocycles. The van der Waals surface area contributed by atoms with E-state index in [-0.39, 0.29) is 11.6 Å². The Balaban J connectivity index is 1.88. The minimum Gasteiger partial charge on any atom is -0.488 e. The smallest absolute Gasteiger partial charge is 0.123 e. The van der Waals surface area contributed by atoms with Gasteiger partial charge in [-0.05, 0) is 44.2 Å². The number of rotatable bonds is 4. The van der Waals surface area contributed by atoms with Gasteiger partial charge in [0.15, 0.2) is 0 Å². The van der Waals surface area contributed by atoms with Gasteiger partial charge >= 0.3 is 0 Å². The Bertz CT molecular complexity index is 471. The van der Waals surface area contributed by atoms with Crippen molar-refractivity contribution >= 4 is 0 Å². The molecule has 1 aromatic carbocycles. The van der Waals surface area contributed by atoms with Gasteiger partial charge in [-0.25, -0.2) is 0 Å². The number of aryl methyl sites for hydroxylation is 1. The van der Waals surface area contributed by atoms with Crippen LogP contribution in [0.25, 0.3) is 0 Å². The third kappa shape index (κ3) is 4.24. The summed E-state index contributed by atoms with van der Waals surface area (Å²) in [5.41, 5.74) is 3.15. The van der Waals surface area contributed by atoms with Gasteiger partial charge < -0.3 is 10.1 Å². The number of fused-ring (bicyclic) bond motifs is 1. The zero-order valence-electron chi connectivity index (χ0n) is 13.8. The Hall–Kier alpha value is -1.02. The van der Waals surface area contributed by atoms with E-state index in [9.17, 15) is 0 Å². The van der Waals surface area contributed by atoms with Crippen LogP contribution < -0.4 is 10.1 Å². The van der Waals surface area contributed by atoms with E-state index in [1.165, 1.54) is 11.1 Å². The van der Waals surface area contributed by atoms with Crippen LogP contribution in [0.1, 0.15) is 52.2 Å². The summed E-state index contributed by atoms with van der Waals surface area (Å²) in [6, 6.07) is 6.47. The molecule has 112 valence electrons. The summed E-state index contributed by atoms with van der Waals surface area (Å²) in [6.07, 6.45) is 2.44. The third-order valence-corrected chi connectivity index (χ3v) is 3.74. The molecule has 20 heavy (non-hydrogen) atoms. The Morgan fingerprint density at radius 1 is 1.20 bits per heavy atom. The average molecular weight is 275 g/mol. The van der Waals surface area contributed by atoms with Crippen LogP contribution in [-0.2, 0) is 6.42 Å². The van der Waals surface area contributed by atoms with Crippen LogP contribution in [0.4, 0.5) is 0 Å². The van der Waals surface area contributed by atoms with Crippen molar-refractivity contribution in [3.05, 3.63) is 29.3 Å². The monoisotopic (exact) mass is 275 g/mol. The van der Waals surface area contributed by atoms with Crippen LogP contribution in [0.3, 0.4) is 0 Å². The number of ether oxygens (including phenoxy) is 1. The van der Waals surface area contributed by atoms with E-state index < -0.39 is 0 Å². The fourth-order valence-electron chi connectivity index (χ4n) is 3.34. The van der Waals surface area contributed by atoms with E-state index in [0.717, 1.165) is 25.1 Å². The second-order valence-corrected chi connectivity index (χ2v) is 8.06. The maximum atomic E-state index is 6.02. The highest BCUT2D eigenvalue weighted by atomic mass is 16.5. The number of hydrogen-bond donors (Lipinski definition) is 1. The number of nitrogens with one attached hydrogen (secondary N) is 1. The lowest BCUT2D eigenvalue weighted by Gasteiger charge is -2.34. The quantitative estimate of drug-likeness (QED) is 0.893. The van der Waals surface area contributed by atoms with E-state index in [0.29, 0.717) is 5.41 Å². The first-order chi connectivity index (χ1) is 9.15. The van der Waals surface area contributed by atoms with Gasteiger partial charge in [-0.15, -0.1) is 0 Å². The molecule has 1 aromatic rings. The maximum absolute atomic E-state index is 6.02. The SMILES string of the molecule is Cc1ccc2c(c1)CC(CNC(C)(C)CC(C)(C)C)O2. The van der Waals surface area contributed by atoms with Gasteiger partial charge in [0.2, 0.25) is 0 Å². The molecule has 0 fully saturated rings. The second kappa shape index (κ2) is 5.40. The molecule has 0 radical (unpaired) electrons. The molecule has 0 saturated heterocycles. The number of hydrogen-bond acceptors (Lipinski definition) is 2. The molecule has 1 heterocycles. The van der Waals surface area contributed by atoms with Crippen LogP contribution in [-0.4, -0.2) is 18.2 Å². The summed E-state index contributed by atoms with van der Waals surface area (Å²) < 4.78 is 6.02. The van der Waals surface area contributed by atoms with Crippen LogP contribution >= 0.6 is 0 Å². The fourth-order valence-corrected chi connectivity index (χ4v) is 3.34. The summed E-state index contributed by atoms with van der Waals surface area (Å²) in [5.74, 6) is 1.07. The second-order valence-electron chi connectivity index (χ2n) is 8.06. The summed E-state index contributed by atoms with van der Waals surface area (Å²) >= 11 is 0. The first-order valence-electron chi connectivity index (χ1n) is 7.66. The molecule has 0 bridgehead atoms. The predicted molar refractivity (Wildman–Crippen MR) is 85.5 cm³/mol. The molecule has 1 N–H and O–H groups in total. The van der Waals surface area contributed by atoms with Crippen LogP contribution in [0.5, 0.6) is 5.75 Å². The lowest BCUT2D eigenvalue weighted by atomic mass is 9.82. The highest BCUT2D eigenvalue weighted by Crippen LogP contribution is 2.30. The molecule has 2 nitrogen and oxygen atoms in total. The van der Waals surface area contributed by atoms with Crippen molar-refractivity contribution in [1.29, 1.82) is 0 Å². The van der Waals surface area contributed by atoms with Gasteiger partial charge in [0.1, 0.15) is 11.9 Å². The molecule has 1 aliphatic rings. The summed E-state index contributed by atoms with van der Waals surface area (Å²) in [6.45, 7) is 14.5. The van der Waals surface area contributed by atoms with Crippen LogP contribution in [0.15, 0.2) is 18.2 Å². The van der Waals surface area contributed by atoms with E-state index in [1.807, 2.05) is 0 Å². The zero-order valence-corrected chi connectivity index (χ0v) is 13.8. The van der Waals surface area contributed by atoms with Gasteiger partial charge in [0.25, 0.3) is 0 Å². The van der Waals surface area contributed by atoms with Crippen molar-refractivity contribution in [2.24, 2.45) is 5.41 Å². The van der Waals surface area contributed by atoms with Gasteiger partial charge in [0, 0.05) is 18.5 Å². The molecule has 2 heteroatoms. The summed E-state index contributed by atoms with van der Waals surface area (Å²) in [7, 11) is 0. The topological polar surface area (TPSA) is 21.3 Å². The molecule has 1 atom stereocenters. The molecule has 2 rings (SSSR count). The van der Waals surface area contributed by atoms with Crippen molar-refractivity contribution in [1.82, 2.24) is 5.32 Å². The van der Waals surface area contributed by atoms with Gasteiger partial charge in [0.05, 0.1) is 0 Å². The maximum Gasteiger partial charge on any atom is 0.123 e. The van der Waals surface area contributed by atoms with E-state index in [4.69, 9.17) is 4.74 Å². The zero-order chi connectivity index (χ0) is 15.0. The molecule has 0 aromatic heterocycles. The molecular weight excluding hydrogens is 246 g/mol. The van der Waals surface area contributed by atoms with Crippen LogP contribution in [0.2, 0.25) is 0 Å². The normalized spacial score (nSPS) is 18.8. The lowest BCUT2D eigenvalue weighted by Crippen LogP contribution is -2.46. The van der Waals surface area contributed by atoms with E-state index in [1.54, 1.807) is 0 Å². The first kappa shape index (κ1) is 15.4. The average Bonchev–Trinajstić information content (AvgIpc) is 2.65. The van der Waals surface area contributed by atoms with Gasteiger partial charge in [-0.3, -0.25) is 0 Å². The predicted octanol–water partition coefficient (Wildman–Crippen LogP) is 4.10. The molecule has 0 saturated carbocycles. The van der Waals surface area contributed by atoms with Crippen molar-refractivity contribution in [3.63, 3.8) is 0 Å². The molecular formula is C18H29NO. The number of benzene rings is 1. The fraction of sp³-hybridized carbons (Fsp3) is 0.667. The van der Waals surface area contributed by atoms with Gasteiger partial charge in [-0.1, -0.05) is 38.5 Å². The van der Waals surface area contributed by atoms with E-state index >= 15 is 0 Å². The van der Waals surface area contributed by atoms with E-state index in [2.05, 4.69) is 65.1 Å². The van der Waals surface area contributed by atoms with Crippen LogP contribution in [0, 0.1) is 12.3 Å². The highest BCUT2D eigenvalue weighted by molar-refractivity contribution is 5.40. The Labute approximate surface area is 123 Å². The summed E-state index contributed by atoms with van der Waals surface area (Å²) in [4.78, 5) is 0. The van der Waals surface area contributed by atoms with Crippen molar-refractivity contribution in [3.8, 4) is 5.75 Å². The Kier molecular flexibility index (Phi) is 4.15. The minimum absolute atomic E-state index is 0.145. The Morgan fingerprint density at radius 3 is 2.55 bits per heavy atom. The molecule has 1 aliphatic heterocycles. The van der Waals surface area contributed by atoms with Crippen molar-refractivity contribution in [2.45, 2.75) is 66.0 Å². The lowest BCUT2D eigenvalue weighted by molar-refractivity contribution is 0.184. The third-order valence-electron chi connectivity index (χ3n) is 3.74. The molecule has 0 spiro atoms. The molecule has 1 unspecified atom stereocenters. The molecule has 0 amide bonds. The summed E-state index contributed by atoms with van der Waals surface area (Å²) in [5, 5.41) is 3.68. The van der Waals surface area contributed by atoms with Crippen molar-refractivity contribution < 1.29 is 4.74 Å². The highest BCUT2D eigenvalue weighted by Gasteiger charge is 2.28. The Morgan fingerprint density at radius 2 is 1.90 bits per heavy atom. The largest absolute Gasteiger partial charge is 0.488 e. The van der Waals surface area contributed by atoms with Gasteiger partial charge in [-0.2, -0.15) is 0 Å². The standard InChI is InChI=1S/C18H29NO/c1-13-7-8-16-14(9-13)10-15(20-16)11-19-18(5,6)12-17(2,3)4/h7-9,15,19H,10-12H2,1-6H3. The van der Waals surface area contributed by atoms with Crippen molar-refractivity contribution in [2.75, 3.05) is 6.54 Å². The minimum atomic E-state index is 0.145.